The van der Waals surface area contributed by atoms with E-state index in [2.05, 4.69) is 14.8 Å². The van der Waals surface area contributed by atoms with Crippen molar-refractivity contribution in [2.24, 2.45) is 5.41 Å². The number of para-hydroxylation sites is 1. The number of methoxy groups -OCH3 is 2. The fraction of sp³-hybridized carbons (Fsp3) is 0.591. The Hall–Kier alpha value is -2.61. The predicted octanol–water partition coefficient (Wildman–Crippen LogP) is 2.67. The fourth-order valence-corrected chi connectivity index (χ4v) is 5.12. The summed E-state index contributed by atoms with van der Waals surface area (Å²) >= 11 is 0. The maximum absolute atomic E-state index is 13.6. The molecule has 0 bridgehead atoms. The molecule has 8 nitrogen and oxygen atoms in total. The largest absolute Gasteiger partial charge is 0.493 e. The van der Waals surface area contributed by atoms with Gasteiger partial charge in [0.1, 0.15) is 12.2 Å². The van der Waals surface area contributed by atoms with Gasteiger partial charge in [0.15, 0.2) is 11.5 Å². The van der Waals surface area contributed by atoms with Crippen molar-refractivity contribution in [3.8, 4) is 11.5 Å². The van der Waals surface area contributed by atoms with Gasteiger partial charge in [-0.1, -0.05) is 6.07 Å². The molecule has 1 unspecified atom stereocenters. The van der Waals surface area contributed by atoms with Crippen LogP contribution in [-0.4, -0.2) is 66.1 Å². The van der Waals surface area contributed by atoms with Gasteiger partial charge < -0.3 is 23.7 Å². The van der Waals surface area contributed by atoms with Crippen LogP contribution < -0.4 is 9.47 Å². The molecule has 5 rings (SSSR count). The third-order valence-electron chi connectivity index (χ3n) is 6.91. The summed E-state index contributed by atoms with van der Waals surface area (Å²) < 4.78 is 18.8. The molecule has 3 aliphatic rings. The first-order chi connectivity index (χ1) is 14.7. The standard InChI is InChI=1S/C22H28N4O4/c1-28-18-5-3-4-16(19(18)29-2)21(27)25-12-17(22(13-25)8-10-30-11-9-22)20-24-23-14-26(20)15-6-7-15/h3-5,14-15,17H,6-13H2,1-2H3. The minimum absolute atomic E-state index is 0.0281. The molecule has 8 heteroatoms. The van der Waals surface area contributed by atoms with Crippen molar-refractivity contribution in [2.45, 2.75) is 37.6 Å². The monoisotopic (exact) mass is 412 g/mol. The normalized spacial score (nSPS) is 23.0. The minimum Gasteiger partial charge on any atom is -0.493 e. The summed E-state index contributed by atoms with van der Waals surface area (Å²) in [6, 6.07) is 5.95. The average molecular weight is 412 g/mol. The van der Waals surface area contributed by atoms with Gasteiger partial charge in [0, 0.05) is 43.7 Å². The molecule has 0 radical (unpaired) electrons. The van der Waals surface area contributed by atoms with Gasteiger partial charge in [0.05, 0.1) is 19.8 Å². The first-order valence-corrected chi connectivity index (χ1v) is 10.6. The summed E-state index contributed by atoms with van der Waals surface area (Å²) in [6.07, 6.45) is 6.06. The molecular weight excluding hydrogens is 384 g/mol. The molecule has 1 saturated carbocycles. The van der Waals surface area contributed by atoms with E-state index in [4.69, 9.17) is 14.2 Å². The number of carbonyl (C=O) groups is 1. The van der Waals surface area contributed by atoms with Gasteiger partial charge in [0.2, 0.25) is 0 Å². The fourth-order valence-electron chi connectivity index (χ4n) is 5.12. The van der Waals surface area contributed by atoms with Crippen LogP contribution in [0.2, 0.25) is 0 Å². The van der Waals surface area contributed by atoms with Crippen molar-refractivity contribution < 1.29 is 19.0 Å². The Kier molecular flexibility index (Phi) is 4.89. The number of rotatable bonds is 5. The highest BCUT2D eigenvalue weighted by molar-refractivity contribution is 5.98. The zero-order valence-electron chi connectivity index (χ0n) is 17.5. The molecule has 0 N–H and O–H groups in total. The van der Waals surface area contributed by atoms with Gasteiger partial charge in [-0.25, -0.2) is 0 Å². The highest BCUT2D eigenvalue weighted by Gasteiger charge is 2.52. The quantitative estimate of drug-likeness (QED) is 0.751. The number of nitrogens with zero attached hydrogens (tertiary/aromatic N) is 4. The van der Waals surface area contributed by atoms with E-state index in [-0.39, 0.29) is 17.2 Å². The van der Waals surface area contributed by atoms with Crippen molar-refractivity contribution in [3.05, 3.63) is 35.9 Å². The van der Waals surface area contributed by atoms with E-state index in [1.54, 1.807) is 26.4 Å². The van der Waals surface area contributed by atoms with Gasteiger partial charge >= 0.3 is 0 Å². The van der Waals surface area contributed by atoms with E-state index in [1.807, 2.05) is 17.3 Å². The lowest BCUT2D eigenvalue weighted by atomic mass is 9.71. The van der Waals surface area contributed by atoms with Crippen LogP contribution >= 0.6 is 0 Å². The van der Waals surface area contributed by atoms with E-state index in [0.717, 1.165) is 31.9 Å². The molecule has 30 heavy (non-hydrogen) atoms. The zero-order valence-corrected chi connectivity index (χ0v) is 17.5. The number of likely N-dealkylation sites (tertiary alicyclic amines) is 1. The summed E-state index contributed by atoms with van der Waals surface area (Å²) in [5.41, 5.74) is 0.503. The van der Waals surface area contributed by atoms with Gasteiger partial charge in [-0.2, -0.15) is 0 Å². The third kappa shape index (κ3) is 3.14. The first-order valence-electron chi connectivity index (χ1n) is 10.6. The number of hydrogen-bond acceptors (Lipinski definition) is 6. The van der Waals surface area contributed by atoms with Crippen LogP contribution in [0.25, 0.3) is 0 Å². The zero-order chi connectivity index (χ0) is 20.7. The number of carbonyl (C=O) groups excluding carboxylic acids is 1. The van der Waals surface area contributed by atoms with Gasteiger partial charge in [-0.05, 0) is 37.8 Å². The van der Waals surface area contributed by atoms with Crippen LogP contribution in [0.1, 0.15) is 53.8 Å². The Morgan fingerprint density at radius 2 is 2.00 bits per heavy atom. The van der Waals surface area contributed by atoms with Crippen LogP contribution in [0.5, 0.6) is 11.5 Å². The molecule has 160 valence electrons. The lowest BCUT2D eigenvalue weighted by molar-refractivity contribution is 0.0107. The summed E-state index contributed by atoms with van der Waals surface area (Å²) in [5, 5.41) is 8.75. The first kappa shape index (κ1) is 19.4. The highest BCUT2D eigenvalue weighted by atomic mass is 16.5. The van der Waals surface area contributed by atoms with E-state index in [0.29, 0.717) is 36.2 Å². The van der Waals surface area contributed by atoms with Gasteiger partial charge in [-0.15, -0.1) is 10.2 Å². The van der Waals surface area contributed by atoms with Crippen molar-refractivity contribution in [1.29, 1.82) is 0 Å². The van der Waals surface area contributed by atoms with Crippen molar-refractivity contribution >= 4 is 5.91 Å². The molecule has 1 amide bonds. The number of hydrogen-bond donors (Lipinski definition) is 0. The molecule has 3 fully saturated rings. The molecule has 1 aromatic carbocycles. The van der Waals surface area contributed by atoms with Crippen LogP contribution in [0, 0.1) is 5.41 Å². The van der Waals surface area contributed by atoms with Crippen LogP contribution in [0.15, 0.2) is 24.5 Å². The van der Waals surface area contributed by atoms with Crippen LogP contribution in [0.4, 0.5) is 0 Å². The summed E-state index contributed by atoms with van der Waals surface area (Å²) in [6.45, 7) is 2.76. The lowest BCUT2D eigenvalue weighted by Gasteiger charge is -2.37. The maximum Gasteiger partial charge on any atom is 0.257 e. The summed E-state index contributed by atoms with van der Waals surface area (Å²) in [5.74, 6) is 2.19. The van der Waals surface area contributed by atoms with Gasteiger partial charge in [0.25, 0.3) is 5.91 Å². The smallest absolute Gasteiger partial charge is 0.257 e. The number of ether oxygens (including phenoxy) is 3. The Morgan fingerprint density at radius 1 is 1.20 bits per heavy atom. The Balaban J connectivity index is 1.49. The van der Waals surface area contributed by atoms with E-state index in [9.17, 15) is 4.79 Å². The third-order valence-corrected chi connectivity index (χ3v) is 6.91. The second-order valence-electron chi connectivity index (χ2n) is 8.58. The van der Waals surface area contributed by atoms with E-state index in [1.165, 1.54) is 12.8 Å². The Morgan fingerprint density at radius 3 is 2.70 bits per heavy atom. The molecule has 1 aromatic heterocycles. The van der Waals surface area contributed by atoms with E-state index < -0.39 is 0 Å². The van der Waals surface area contributed by atoms with Crippen LogP contribution in [0.3, 0.4) is 0 Å². The molecule has 3 heterocycles. The second-order valence-corrected chi connectivity index (χ2v) is 8.58. The molecular formula is C22H28N4O4. The molecule has 1 atom stereocenters. The predicted molar refractivity (Wildman–Crippen MR) is 109 cm³/mol. The van der Waals surface area contributed by atoms with Crippen molar-refractivity contribution in [2.75, 3.05) is 40.5 Å². The molecule has 1 spiro atoms. The SMILES string of the molecule is COc1cccc(C(=O)N2CC(c3nncn3C3CC3)C3(CCOCC3)C2)c1OC. The van der Waals surface area contributed by atoms with E-state index >= 15 is 0 Å². The maximum atomic E-state index is 13.6. The summed E-state index contributed by atoms with van der Waals surface area (Å²) in [4.78, 5) is 15.5. The molecule has 2 saturated heterocycles. The Bertz CT molecular complexity index is 933. The van der Waals surface area contributed by atoms with Crippen molar-refractivity contribution in [3.63, 3.8) is 0 Å². The number of benzene rings is 1. The Labute approximate surface area is 176 Å². The van der Waals surface area contributed by atoms with Crippen LogP contribution in [-0.2, 0) is 4.74 Å². The highest BCUT2D eigenvalue weighted by Crippen LogP contribution is 2.51. The minimum atomic E-state index is -0.0309. The summed E-state index contributed by atoms with van der Waals surface area (Å²) in [7, 11) is 3.15. The lowest BCUT2D eigenvalue weighted by Crippen LogP contribution is -2.37. The average Bonchev–Trinajstić information content (AvgIpc) is 3.41. The number of aromatic nitrogens is 3. The molecule has 2 aromatic rings. The molecule has 1 aliphatic carbocycles. The second kappa shape index (κ2) is 7.58. The molecule has 2 aliphatic heterocycles. The topological polar surface area (TPSA) is 78.7 Å². The van der Waals surface area contributed by atoms with Crippen molar-refractivity contribution in [1.82, 2.24) is 19.7 Å². The van der Waals surface area contributed by atoms with Gasteiger partial charge in [-0.3, -0.25) is 4.79 Å². The number of amides is 1.